The molecule has 2 saturated carbocycles. The van der Waals surface area contributed by atoms with Crippen LogP contribution in [0.3, 0.4) is 0 Å². The zero-order valence-corrected chi connectivity index (χ0v) is 24.5. The minimum absolute atomic E-state index is 0.0255. The molecule has 0 radical (unpaired) electrons. The molecule has 0 aromatic heterocycles. The molecule has 0 N–H and O–H groups in total. The molecular formula is C35H44O4. The van der Waals surface area contributed by atoms with Crippen LogP contribution in [0.4, 0.5) is 0 Å². The third kappa shape index (κ3) is 4.92. The van der Waals surface area contributed by atoms with Crippen molar-refractivity contribution in [2.24, 2.45) is 28.1 Å². The molecule has 2 aromatic carbocycles. The maximum absolute atomic E-state index is 13.0. The van der Waals surface area contributed by atoms with E-state index in [2.05, 4.69) is 57.2 Å². The molecule has 5 rings (SSSR count). The van der Waals surface area contributed by atoms with Gasteiger partial charge in [-0.3, -0.25) is 4.79 Å². The molecule has 2 aromatic rings. The van der Waals surface area contributed by atoms with Crippen molar-refractivity contribution in [3.05, 3.63) is 77.4 Å². The summed E-state index contributed by atoms with van der Waals surface area (Å²) in [6.07, 6.45) is 12.5. The van der Waals surface area contributed by atoms with Crippen molar-refractivity contribution < 1.29 is 19.0 Å². The van der Waals surface area contributed by atoms with Gasteiger partial charge >= 0.3 is 5.97 Å². The van der Waals surface area contributed by atoms with Crippen molar-refractivity contribution >= 4 is 11.5 Å². The van der Waals surface area contributed by atoms with Crippen molar-refractivity contribution in [2.45, 2.75) is 65.7 Å². The van der Waals surface area contributed by atoms with Crippen LogP contribution >= 0.6 is 0 Å². The van der Waals surface area contributed by atoms with Gasteiger partial charge in [0.15, 0.2) is 0 Å². The molecule has 0 heterocycles. The highest BCUT2D eigenvalue weighted by atomic mass is 16.5. The predicted molar refractivity (Wildman–Crippen MR) is 157 cm³/mol. The number of esters is 1. The van der Waals surface area contributed by atoms with E-state index in [1.165, 1.54) is 23.1 Å². The van der Waals surface area contributed by atoms with Crippen LogP contribution in [-0.4, -0.2) is 27.3 Å². The zero-order chi connectivity index (χ0) is 27.8. The summed E-state index contributed by atoms with van der Waals surface area (Å²) in [6.45, 7) is 7.05. The van der Waals surface area contributed by atoms with Gasteiger partial charge in [-0.1, -0.05) is 62.3 Å². The van der Waals surface area contributed by atoms with Crippen LogP contribution in [0.1, 0.15) is 76.8 Å². The molecule has 0 amide bonds. The second-order valence-corrected chi connectivity index (χ2v) is 12.8. The molecule has 2 fully saturated rings. The lowest BCUT2D eigenvalue weighted by molar-refractivity contribution is -0.166. The van der Waals surface area contributed by atoms with Gasteiger partial charge in [0.1, 0.15) is 11.5 Å². The first kappa shape index (κ1) is 27.6. The number of carbonyl (C=O) groups excluding carboxylic acids is 1. The van der Waals surface area contributed by atoms with E-state index in [1.54, 1.807) is 26.9 Å². The van der Waals surface area contributed by atoms with E-state index in [4.69, 9.17) is 14.2 Å². The Bertz CT molecular complexity index is 1210. The smallest absolute Gasteiger partial charge is 0.311 e. The van der Waals surface area contributed by atoms with E-state index in [0.29, 0.717) is 11.8 Å². The number of rotatable bonds is 6. The van der Waals surface area contributed by atoms with Gasteiger partial charge in [0.05, 0.1) is 26.7 Å². The molecule has 0 saturated heterocycles. The molecule has 4 heteroatoms. The topological polar surface area (TPSA) is 44.8 Å². The maximum Gasteiger partial charge on any atom is 0.311 e. The number of hydrogen-bond donors (Lipinski definition) is 0. The van der Waals surface area contributed by atoms with Crippen LogP contribution in [0, 0.1) is 28.1 Å². The molecule has 0 bridgehead atoms. The minimum Gasteiger partial charge on any atom is -0.497 e. The molecule has 39 heavy (non-hydrogen) atoms. The first-order valence-corrected chi connectivity index (χ1v) is 14.4. The van der Waals surface area contributed by atoms with E-state index in [1.807, 2.05) is 24.3 Å². The molecular weight excluding hydrogens is 484 g/mol. The van der Waals surface area contributed by atoms with E-state index in [0.717, 1.165) is 50.0 Å². The Kier molecular flexibility index (Phi) is 7.43. The molecule has 4 nitrogen and oxygen atoms in total. The highest BCUT2D eigenvalue weighted by Gasteiger charge is 2.58. The first-order chi connectivity index (χ1) is 18.7. The summed E-state index contributed by atoms with van der Waals surface area (Å²) in [6, 6.07) is 16.8. The van der Waals surface area contributed by atoms with Gasteiger partial charge in [-0.25, -0.2) is 0 Å². The first-order valence-electron chi connectivity index (χ1n) is 14.4. The van der Waals surface area contributed by atoms with Crippen molar-refractivity contribution in [1.29, 1.82) is 0 Å². The number of allylic oxidation sites excluding steroid dienone is 3. The molecule has 0 unspecified atom stereocenters. The Morgan fingerprint density at radius 2 is 1.44 bits per heavy atom. The Morgan fingerprint density at radius 3 is 1.97 bits per heavy atom. The summed E-state index contributed by atoms with van der Waals surface area (Å²) in [7, 11) is 4.96. The van der Waals surface area contributed by atoms with Gasteiger partial charge in [0, 0.05) is 0 Å². The molecule has 0 aliphatic heterocycles. The van der Waals surface area contributed by atoms with Gasteiger partial charge in [-0.15, -0.1) is 0 Å². The Hall–Kier alpha value is -3.01. The molecule has 3 aliphatic carbocycles. The van der Waals surface area contributed by atoms with Crippen LogP contribution in [0.25, 0.3) is 5.57 Å². The number of benzene rings is 2. The largest absolute Gasteiger partial charge is 0.497 e. The summed E-state index contributed by atoms with van der Waals surface area (Å²) in [5, 5.41) is 0. The average Bonchev–Trinajstić information content (AvgIpc) is 2.95. The minimum atomic E-state index is -0.389. The van der Waals surface area contributed by atoms with Crippen LogP contribution in [0.5, 0.6) is 11.5 Å². The zero-order valence-electron chi connectivity index (χ0n) is 24.5. The standard InChI is InChI=1S/C35H44O4/c1-33(23-29(24-8-13-27(37-4)14-9-24)25-10-15-28(38-5)16-11-25)21-18-30-26(22-33)12-17-31-34(30,2)19-7-20-35(31,3)32(36)39-6/h8-16,23,30-31H,7,17-22H2,1-6H3/t30-,31+,33-,34+,35+/m0/s1. The van der Waals surface area contributed by atoms with Gasteiger partial charge in [-0.05, 0) is 109 Å². The summed E-state index contributed by atoms with van der Waals surface area (Å²) in [5.41, 5.74) is 5.02. The second kappa shape index (κ2) is 10.5. The van der Waals surface area contributed by atoms with Crippen molar-refractivity contribution in [3.8, 4) is 11.5 Å². The lowest BCUT2D eigenvalue weighted by atomic mass is 9.45. The molecule has 5 atom stereocenters. The fourth-order valence-electron chi connectivity index (χ4n) is 8.26. The predicted octanol–water partition coefficient (Wildman–Crippen LogP) is 8.26. The van der Waals surface area contributed by atoms with Crippen LogP contribution < -0.4 is 9.47 Å². The molecule has 208 valence electrons. The molecule has 0 spiro atoms. The Labute approximate surface area is 234 Å². The van der Waals surface area contributed by atoms with Gasteiger partial charge in [0.2, 0.25) is 0 Å². The summed E-state index contributed by atoms with van der Waals surface area (Å²) in [4.78, 5) is 13.0. The van der Waals surface area contributed by atoms with Crippen LogP contribution in [0.15, 0.2) is 66.3 Å². The number of fused-ring (bicyclic) bond motifs is 3. The highest BCUT2D eigenvalue weighted by molar-refractivity contribution is 5.81. The van der Waals surface area contributed by atoms with Crippen LogP contribution in [-0.2, 0) is 9.53 Å². The third-order valence-corrected chi connectivity index (χ3v) is 10.4. The summed E-state index contributed by atoms with van der Waals surface area (Å²) < 4.78 is 16.2. The van der Waals surface area contributed by atoms with Gasteiger partial charge in [-0.2, -0.15) is 0 Å². The fourth-order valence-corrected chi connectivity index (χ4v) is 8.26. The van der Waals surface area contributed by atoms with E-state index in [-0.39, 0.29) is 22.2 Å². The van der Waals surface area contributed by atoms with Crippen molar-refractivity contribution in [1.82, 2.24) is 0 Å². The summed E-state index contributed by atoms with van der Waals surface area (Å²) >= 11 is 0. The fraction of sp³-hybridized carbons (Fsp3) is 0.514. The normalized spacial score (nSPS) is 31.7. The molecule has 3 aliphatic rings. The van der Waals surface area contributed by atoms with E-state index >= 15 is 0 Å². The maximum atomic E-state index is 13.0. The monoisotopic (exact) mass is 528 g/mol. The van der Waals surface area contributed by atoms with Crippen molar-refractivity contribution in [2.75, 3.05) is 21.3 Å². The summed E-state index contributed by atoms with van der Waals surface area (Å²) in [5.74, 6) is 2.58. The van der Waals surface area contributed by atoms with E-state index in [9.17, 15) is 4.79 Å². The number of methoxy groups -OCH3 is 3. The van der Waals surface area contributed by atoms with E-state index < -0.39 is 0 Å². The Balaban J connectivity index is 1.49. The quantitative estimate of drug-likeness (QED) is 0.280. The second-order valence-electron chi connectivity index (χ2n) is 12.8. The number of ether oxygens (including phenoxy) is 3. The number of carbonyl (C=O) groups is 1. The third-order valence-electron chi connectivity index (χ3n) is 10.4. The SMILES string of the molecule is COC(=O)[C@]1(C)CCC[C@@]2(C)[C@H]1CC=C1C[C@@](C)(C=C(c3ccc(OC)cc3)c3ccc(OC)cc3)CC[C@@H]12. The average molecular weight is 529 g/mol. The number of hydrogen-bond acceptors (Lipinski definition) is 4. The van der Waals surface area contributed by atoms with Crippen LogP contribution in [0.2, 0.25) is 0 Å². The highest BCUT2D eigenvalue weighted by Crippen LogP contribution is 2.64. The van der Waals surface area contributed by atoms with Gasteiger partial charge in [0.25, 0.3) is 0 Å². The van der Waals surface area contributed by atoms with Gasteiger partial charge < -0.3 is 14.2 Å². The van der Waals surface area contributed by atoms with Crippen molar-refractivity contribution in [3.63, 3.8) is 0 Å². The Morgan fingerprint density at radius 1 is 0.846 bits per heavy atom. The lowest BCUT2D eigenvalue weighted by Crippen LogP contribution is -2.54. The lowest BCUT2D eigenvalue weighted by Gasteiger charge is -2.58.